The summed E-state index contributed by atoms with van der Waals surface area (Å²) in [5.41, 5.74) is 5.46. The van der Waals surface area contributed by atoms with Crippen LogP contribution in [-0.4, -0.2) is 4.98 Å². The summed E-state index contributed by atoms with van der Waals surface area (Å²) in [6, 6.07) is 31.9. The van der Waals surface area contributed by atoms with E-state index in [9.17, 15) is 0 Å². The molecule has 28 heavy (non-hydrogen) atoms. The predicted octanol–water partition coefficient (Wildman–Crippen LogP) is 8.25. The van der Waals surface area contributed by atoms with Crippen LogP contribution >= 0.6 is 31.9 Å². The van der Waals surface area contributed by atoms with Crippen molar-refractivity contribution in [3.05, 3.63) is 99.9 Å². The minimum Gasteiger partial charge on any atom is -0.248 e. The Bertz CT molecular complexity index is 1320. The zero-order valence-corrected chi connectivity index (χ0v) is 18.0. The monoisotopic (exact) mass is 487 g/mol. The van der Waals surface area contributed by atoms with Crippen molar-refractivity contribution in [1.29, 1.82) is 0 Å². The lowest BCUT2D eigenvalue weighted by Crippen LogP contribution is -1.90. The molecule has 3 heteroatoms. The largest absolute Gasteiger partial charge is 0.248 e. The lowest BCUT2D eigenvalue weighted by Gasteiger charge is -2.12. The third-order valence-electron chi connectivity index (χ3n) is 4.97. The van der Waals surface area contributed by atoms with Crippen molar-refractivity contribution < 1.29 is 0 Å². The maximum Gasteiger partial charge on any atom is 0.0716 e. The molecule has 4 aromatic carbocycles. The van der Waals surface area contributed by atoms with Gasteiger partial charge in [0, 0.05) is 19.9 Å². The fourth-order valence-electron chi connectivity index (χ4n) is 3.56. The van der Waals surface area contributed by atoms with Crippen molar-refractivity contribution in [2.45, 2.75) is 0 Å². The first kappa shape index (κ1) is 17.6. The van der Waals surface area contributed by atoms with E-state index in [2.05, 4.69) is 117 Å². The quantitative estimate of drug-likeness (QED) is 0.243. The van der Waals surface area contributed by atoms with Crippen LogP contribution in [0.15, 0.2) is 99.9 Å². The van der Waals surface area contributed by atoms with Crippen LogP contribution in [-0.2, 0) is 0 Å². The molecular weight excluding hydrogens is 474 g/mol. The highest BCUT2D eigenvalue weighted by atomic mass is 79.9. The number of fused-ring (bicyclic) bond motifs is 2. The van der Waals surface area contributed by atoms with Crippen LogP contribution in [0.4, 0.5) is 0 Å². The molecular formula is C25H15Br2N. The molecule has 0 aliphatic rings. The SMILES string of the molecule is Brc1ccc(-c2cc(-c3ccc4ccccc4c3)c3cc(Br)ccc3n2)cc1. The number of nitrogens with zero attached hydrogens (tertiary/aromatic N) is 1. The second kappa shape index (κ2) is 7.16. The fourth-order valence-corrected chi connectivity index (χ4v) is 4.19. The predicted molar refractivity (Wildman–Crippen MR) is 126 cm³/mol. The molecule has 0 saturated carbocycles. The van der Waals surface area contributed by atoms with E-state index in [1.54, 1.807) is 0 Å². The lowest BCUT2D eigenvalue weighted by molar-refractivity contribution is 1.39. The van der Waals surface area contributed by atoms with Crippen LogP contribution in [0.1, 0.15) is 0 Å². The van der Waals surface area contributed by atoms with Crippen molar-refractivity contribution in [1.82, 2.24) is 4.98 Å². The molecule has 134 valence electrons. The Hall–Kier alpha value is -2.49. The summed E-state index contributed by atoms with van der Waals surface area (Å²) in [5, 5.41) is 3.63. The van der Waals surface area contributed by atoms with Gasteiger partial charge in [-0.05, 0) is 64.4 Å². The van der Waals surface area contributed by atoms with Crippen LogP contribution in [0.2, 0.25) is 0 Å². The third kappa shape index (κ3) is 3.25. The Kier molecular flexibility index (Phi) is 4.50. The summed E-state index contributed by atoms with van der Waals surface area (Å²) < 4.78 is 2.12. The normalized spacial score (nSPS) is 11.2. The van der Waals surface area contributed by atoms with E-state index in [4.69, 9.17) is 4.98 Å². The molecule has 1 nitrogen and oxygen atoms in total. The molecule has 0 unspecified atom stereocenters. The minimum absolute atomic E-state index is 0.977. The average molecular weight is 489 g/mol. The Balaban J connectivity index is 1.79. The van der Waals surface area contributed by atoms with E-state index in [0.29, 0.717) is 0 Å². The van der Waals surface area contributed by atoms with Gasteiger partial charge in [0.25, 0.3) is 0 Å². The van der Waals surface area contributed by atoms with Crippen LogP contribution in [0.25, 0.3) is 44.1 Å². The molecule has 1 aromatic heterocycles. The molecule has 0 spiro atoms. The van der Waals surface area contributed by atoms with Crippen molar-refractivity contribution >= 4 is 53.5 Å². The fraction of sp³-hybridized carbons (Fsp3) is 0. The lowest BCUT2D eigenvalue weighted by atomic mass is 9.96. The molecule has 0 amide bonds. The number of halogens is 2. The van der Waals surface area contributed by atoms with Crippen LogP contribution in [0, 0.1) is 0 Å². The van der Waals surface area contributed by atoms with Gasteiger partial charge in [-0.25, -0.2) is 4.98 Å². The van der Waals surface area contributed by atoms with Crippen molar-refractivity contribution in [2.75, 3.05) is 0 Å². The molecule has 0 atom stereocenters. The molecule has 5 rings (SSSR count). The molecule has 5 aromatic rings. The zero-order chi connectivity index (χ0) is 19.1. The Morgan fingerprint density at radius 2 is 1.29 bits per heavy atom. The summed E-state index contributed by atoms with van der Waals surface area (Å²) >= 11 is 7.13. The number of hydrogen-bond donors (Lipinski definition) is 0. The second-order valence-electron chi connectivity index (χ2n) is 6.79. The van der Waals surface area contributed by atoms with Gasteiger partial charge in [0.15, 0.2) is 0 Å². The van der Waals surface area contributed by atoms with Gasteiger partial charge in [-0.2, -0.15) is 0 Å². The van der Waals surface area contributed by atoms with Gasteiger partial charge >= 0.3 is 0 Å². The number of hydrogen-bond acceptors (Lipinski definition) is 1. The Morgan fingerprint density at radius 3 is 2.11 bits per heavy atom. The summed E-state index contributed by atoms with van der Waals surface area (Å²) in [5.74, 6) is 0. The molecule has 1 heterocycles. The number of benzene rings is 4. The van der Waals surface area contributed by atoms with Crippen molar-refractivity contribution in [3.63, 3.8) is 0 Å². The maximum absolute atomic E-state index is 4.93. The van der Waals surface area contributed by atoms with E-state index < -0.39 is 0 Å². The van der Waals surface area contributed by atoms with Crippen LogP contribution < -0.4 is 0 Å². The Labute approximate surface area is 180 Å². The van der Waals surface area contributed by atoms with Gasteiger partial charge in [-0.15, -0.1) is 0 Å². The average Bonchev–Trinajstić information content (AvgIpc) is 2.73. The third-order valence-corrected chi connectivity index (χ3v) is 5.99. The molecule has 0 aliphatic heterocycles. The second-order valence-corrected chi connectivity index (χ2v) is 8.62. The zero-order valence-electron chi connectivity index (χ0n) is 14.9. The van der Waals surface area contributed by atoms with Crippen LogP contribution in [0.5, 0.6) is 0 Å². The molecule has 0 N–H and O–H groups in total. The molecule has 0 radical (unpaired) electrons. The van der Waals surface area contributed by atoms with E-state index in [1.807, 2.05) is 6.07 Å². The first-order chi connectivity index (χ1) is 13.7. The van der Waals surface area contributed by atoms with Gasteiger partial charge in [0.05, 0.1) is 11.2 Å². The smallest absolute Gasteiger partial charge is 0.0716 e. The van der Waals surface area contributed by atoms with Gasteiger partial charge in [0.2, 0.25) is 0 Å². The number of rotatable bonds is 2. The number of pyridine rings is 1. The van der Waals surface area contributed by atoms with Gasteiger partial charge in [-0.3, -0.25) is 0 Å². The van der Waals surface area contributed by atoms with Crippen molar-refractivity contribution in [3.8, 4) is 22.4 Å². The first-order valence-electron chi connectivity index (χ1n) is 9.03. The highest BCUT2D eigenvalue weighted by molar-refractivity contribution is 9.10. The molecule has 0 fully saturated rings. The van der Waals surface area contributed by atoms with E-state index in [1.165, 1.54) is 21.9 Å². The molecule has 0 aliphatic carbocycles. The summed E-state index contributed by atoms with van der Waals surface area (Å²) in [6.07, 6.45) is 0. The maximum atomic E-state index is 4.93. The summed E-state index contributed by atoms with van der Waals surface area (Å²) in [6.45, 7) is 0. The number of aromatic nitrogens is 1. The first-order valence-corrected chi connectivity index (χ1v) is 10.6. The van der Waals surface area contributed by atoms with E-state index in [-0.39, 0.29) is 0 Å². The van der Waals surface area contributed by atoms with E-state index >= 15 is 0 Å². The van der Waals surface area contributed by atoms with E-state index in [0.717, 1.165) is 31.1 Å². The minimum atomic E-state index is 0.977. The van der Waals surface area contributed by atoms with Crippen LogP contribution in [0.3, 0.4) is 0 Å². The van der Waals surface area contributed by atoms with Gasteiger partial charge in [-0.1, -0.05) is 80.4 Å². The Morgan fingerprint density at radius 1 is 0.571 bits per heavy atom. The summed E-state index contributed by atoms with van der Waals surface area (Å²) in [7, 11) is 0. The summed E-state index contributed by atoms with van der Waals surface area (Å²) in [4.78, 5) is 4.93. The van der Waals surface area contributed by atoms with Crippen molar-refractivity contribution in [2.24, 2.45) is 0 Å². The van der Waals surface area contributed by atoms with Gasteiger partial charge < -0.3 is 0 Å². The molecule has 0 saturated heterocycles. The topological polar surface area (TPSA) is 12.9 Å². The highest BCUT2D eigenvalue weighted by Gasteiger charge is 2.11. The standard InChI is InChI=1S/C25H15Br2N/c26-20-9-7-17(8-10-20)25-15-22(23-14-21(27)11-12-24(23)28-25)19-6-5-16-3-1-2-4-18(16)13-19/h1-15H. The molecule has 0 bridgehead atoms. The van der Waals surface area contributed by atoms with Gasteiger partial charge in [0.1, 0.15) is 0 Å². The highest BCUT2D eigenvalue weighted by Crippen LogP contribution is 2.35.